The third-order valence-electron chi connectivity index (χ3n) is 4.31. The highest BCUT2D eigenvalue weighted by atomic mass is 32.2. The molecule has 134 valence electrons. The lowest BCUT2D eigenvalue weighted by molar-refractivity contribution is -0.126. The largest absolute Gasteiger partial charge is 0.284 e. The number of aryl methyl sites for hydroxylation is 1. The van der Waals surface area contributed by atoms with Gasteiger partial charge in [-0.1, -0.05) is 79.7 Å². The van der Waals surface area contributed by atoms with Gasteiger partial charge in [0.1, 0.15) is 0 Å². The normalized spacial score (nSPS) is 19.0. The zero-order chi connectivity index (χ0) is 18.4. The van der Waals surface area contributed by atoms with Crippen LogP contribution in [0.2, 0.25) is 0 Å². The Bertz CT molecular complexity index is 817. The molecule has 3 rings (SSSR count). The molecule has 0 saturated carbocycles. The van der Waals surface area contributed by atoms with Crippen LogP contribution in [0.1, 0.15) is 36.5 Å². The molecular weight excluding hydrogens is 342 g/mol. The highest BCUT2D eigenvalue weighted by Crippen LogP contribution is 2.32. The Hall–Kier alpha value is -2.40. The summed E-state index contributed by atoms with van der Waals surface area (Å²) in [7, 11) is 0. The second-order valence-corrected chi connectivity index (χ2v) is 7.45. The summed E-state index contributed by atoms with van der Waals surface area (Å²) >= 11 is 1.52. The topological polar surface area (TPSA) is 45.0 Å². The molecule has 0 unspecified atom stereocenters. The molecule has 5 heteroatoms. The van der Waals surface area contributed by atoms with Crippen LogP contribution >= 0.6 is 11.8 Å². The summed E-state index contributed by atoms with van der Waals surface area (Å²) < 4.78 is 0. The van der Waals surface area contributed by atoms with Gasteiger partial charge in [0, 0.05) is 0 Å². The summed E-state index contributed by atoms with van der Waals surface area (Å²) in [5, 5.41) is 9.20. The number of amides is 1. The van der Waals surface area contributed by atoms with Gasteiger partial charge in [-0.25, -0.2) is 0 Å². The van der Waals surface area contributed by atoms with Gasteiger partial charge in [0.15, 0.2) is 5.17 Å². The average Bonchev–Trinajstić information content (AvgIpc) is 2.94. The first-order chi connectivity index (χ1) is 12.7. The molecule has 1 atom stereocenters. The van der Waals surface area contributed by atoms with E-state index in [0.717, 1.165) is 24.0 Å². The fourth-order valence-electron chi connectivity index (χ4n) is 2.82. The molecule has 0 N–H and O–H groups in total. The van der Waals surface area contributed by atoms with Crippen molar-refractivity contribution in [1.82, 2.24) is 4.90 Å². The molecule has 0 bridgehead atoms. The van der Waals surface area contributed by atoms with Crippen molar-refractivity contribution in [3.63, 3.8) is 0 Å². The summed E-state index contributed by atoms with van der Waals surface area (Å²) in [6.45, 7) is 4.71. The summed E-state index contributed by atoms with van der Waals surface area (Å²) in [6, 6.07) is 18.0. The number of hydrogen-bond donors (Lipinski definition) is 0. The minimum absolute atomic E-state index is 0.0605. The van der Waals surface area contributed by atoms with E-state index in [1.165, 1.54) is 17.3 Å². The molecule has 2 aromatic rings. The molecular formula is C21H23N3OS. The molecule has 1 saturated heterocycles. The molecule has 4 nitrogen and oxygen atoms in total. The van der Waals surface area contributed by atoms with Crippen LogP contribution in [0.3, 0.4) is 0 Å². The SMILES string of the molecule is CCC[C@H]1S/C(=N\N=C/c2ccccc2)N(Cc2ccccc2C)C1=O. The lowest BCUT2D eigenvalue weighted by Gasteiger charge is -2.17. The molecule has 0 aliphatic carbocycles. The van der Waals surface area contributed by atoms with E-state index in [2.05, 4.69) is 36.2 Å². The molecule has 1 heterocycles. The number of rotatable bonds is 6. The van der Waals surface area contributed by atoms with Crippen LogP contribution in [0.25, 0.3) is 0 Å². The van der Waals surface area contributed by atoms with Crippen LogP contribution in [0, 0.1) is 6.92 Å². The highest BCUT2D eigenvalue weighted by molar-refractivity contribution is 8.15. The number of hydrogen-bond acceptors (Lipinski definition) is 4. The van der Waals surface area contributed by atoms with Gasteiger partial charge in [-0.2, -0.15) is 5.10 Å². The molecule has 1 amide bonds. The highest BCUT2D eigenvalue weighted by Gasteiger charge is 2.37. The first-order valence-electron chi connectivity index (χ1n) is 8.87. The Kier molecular flexibility index (Phi) is 6.23. The van der Waals surface area contributed by atoms with Gasteiger partial charge in [-0.15, -0.1) is 5.10 Å². The third-order valence-corrected chi connectivity index (χ3v) is 5.54. The second-order valence-electron chi connectivity index (χ2n) is 6.28. The van der Waals surface area contributed by atoms with E-state index in [0.29, 0.717) is 11.7 Å². The van der Waals surface area contributed by atoms with Crippen molar-refractivity contribution in [1.29, 1.82) is 0 Å². The van der Waals surface area contributed by atoms with Gasteiger partial charge in [0.05, 0.1) is 18.0 Å². The number of carbonyl (C=O) groups is 1. The Morgan fingerprint density at radius 1 is 1.12 bits per heavy atom. The van der Waals surface area contributed by atoms with Crippen molar-refractivity contribution in [3.8, 4) is 0 Å². The number of nitrogens with zero attached hydrogens (tertiary/aromatic N) is 3. The molecule has 2 aromatic carbocycles. The smallest absolute Gasteiger partial charge is 0.242 e. The maximum absolute atomic E-state index is 12.8. The number of thioether (sulfide) groups is 1. The number of benzene rings is 2. The average molecular weight is 366 g/mol. The molecule has 0 aromatic heterocycles. The lowest BCUT2D eigenvalue weighted by atomic mass is 10.1. The fourth-order valence-corrected chi connectivity index (χ4v) is 4.03. The van der Waals surface area contributed by atoms with Gasteiger partial charge in [-0.05, 0) is 30.0 Å². The van der Waals surface area contributed by atoms with Crippen LogP contribution in [-0.4, -0.2) is 27.4 Å². The summed E-state index contributed by atoms with van der Waals surface area (Å²) in [5.74, 6) is 0.133. The van der Waals surface area contributed by atoms with E-state index in [-0.39, 0.29) is 11.2 Å². The van der Waals surface area contributed by atoms with Crippen LogP contribution in [0.15, 0.2) is 64.8 Å². The minimum Gasteiger partial charge on any atom is -0.284 e. The third kappa shape index (κ3) is 4.41. The van der Waals surface area contributed by atoms with Crippen molar-refractivity contribution in [3.05, 3.63) is 71.3 Å². The second kappa shape index (κ2) is 8.81. The summed E-state index contributed by atoms with van der Waals surface area (Å²) in [6.07, 6.45) is 3.55. The monoisotopic (exact) mass is 365 g/mol. The zero-order valence-corrected chi connectivity index (χ0v) is 15.9. The van der Waals surface area contributed by atoms with Crippen LogP contribution in [0.5, 0.6) is 0 Å². The van der Waals surface area contributed by atoms with Crippen molar-refractivity contribution in [2.24, 2.45) is 10.2 Å². The summed E-state index contributed by atoms with van der Waals surface area (Å²) in [5.41, 5.74) is 3.30. The first-order valence-corrected chi connectivity index (χ1v) is 9.75. The molecule has 1 fully saturated rings. The molecule has 1 aliphatic rings. The molecule has 0 radical (unpaired) electrons. The van der Waals surface area contributed by atoms with Crippen molar-refractivity contribution in [2.45, 2.75) is 38.5 Å². The fraction of sp³-hybridized carbons (Fsp3) is 0.286. The molecule has 0 spiro atoms. The minimum atomic E-state index is -0.0605. The van der Waals surface area contributed by atoms with Gasteiger partial charge in [0.25, 0.3) is 0 Å². The van der Waals surface area contributed by atoms with E-state index in [9.17, 15) is 4.79 Å². The zero-order valence-electron chi connectivity index (χ0n) is 15.1. The van der Waals surface area contributed by atoms with E-state index < -0.39 is 0 Å². The Balaban J connectivity index is 1.82. The first kappa shape index (κ1) is 18.4. The van der Waals surface area contributed by atoms with Crippen LogP contribution in [0.4, 0.5) is 0 Å². The Morgan fingerprint density at radius 3 is 2.58 bits per heavy atom. The van der Waals surface area contributed by atoms with Gasteiger partial charge < -0.3 is 0 Å². The van der Waals surface area contributed by atoms with Crippen LogP contribution < -0.4 is 0 Å². The quantitative estimate of drug-likeness (QED) is 0.553. The predicted octanol–water partition coefficient (Wildman–Crippen LogP) is 4.63. The summed E-state index contributed by atoms with van der Waals surface area (Å²) in [4.78, 5) is 14.6. The molecule has 1 aliphatic heterocycles. The lowest BCUT2D eigenvalue weighted by Crippen LogP contribution is -2.31. The number of carbonyl (C=O) groups excluding carboxylic acids is 1. The van der Waals surface area contributed by atoms with Crippen LogP contribution in [-0.2, 0) is 11.3 Å². The van der Waals surface area contributed by atoms with Gasteiger partial charge >= 0.3 is 0 Å². The van der Waals surface area contributed by atoms with Gasteiger partial charge in [-0.3, -0.25) is 9.69 Å². The van der Waals surface area contributed by atoms with Crippen molar-refractivity contribution < 1.29 is 4.79 Å². The maximum atomic E-state index is 12.8. The maximum Gasteiger partial charge on any atom is 0.242 e. The predicted molar refractivity (Wildman–Crippen MR) is 109 cm³/mol. The van der Waals surface area contributed by atoms with E-state index in [1.807, 2.05) is 42.5 Å². The van der Waals surface area contributed by atoms with Crippen molar-refractivity contribution >= 4 is 29.1 Å². The Labute approximate surface area is 159 Å². The van der Waals surface area contributed by atoms with Crippen molar-refractivity contribution in [2.75, 3.05) is 0 Å². The van der Waals surface area contributed by atoms with E-state index in [1.54, 1.807) is 11.1 Å². The number of amidine groups is 1. The Morgan fingerprint density at radius 2 is 1.85 bits per heavy atom. The molecule has 26 heavy (non-hydrogen) atoms. The van der Waals surface area contributed by atoms with E-state index >= 15 is 0 Å². The van der Waals surface area contributed by atoms with Gasteiger partial charge in [0.2, 0.25) is 5.91 Å². The standard InChI is InChI=1S/C21H23N3OS/c1-3-9-19-20(25)24(15-18-13-8-7-10-16(18)2)21(26-19)23-22-14-17-11-5-4-6-12-17/h4-8,10-14,19H,3,9,15H2,1-2H3/b22-14-,23-21-/t19-/m1/s1. The van der Waals surface area contributed by atoms with E-state index in [4.69, 9.17) is 0 Å².